The number of para-hydroxylation sites is 1. The van der Waals surface area contributed by atoms with Gasteiger partial charge >= 0.3 is 5.97 Å². The first-order valence-electron chi connectivity index (χ1n) is 10.1. The van der Waals surface area contributed by atoms with Crippen molar-refractivity contribution in [2.45, 2.75) is 39.7 Å². The van der Waals surface area contributed by atoms with Gasteiger partial charge in [0.2, 0.25) is 5.76 Å². The Bertz CT molecular complexity index is 1100. The van der Waals surface area contributed by atoms with Crippen molar-refractivity contribution in [2.24, 2.45) is 0 Å². The molecule has 1 atom stereocenters. The van der Waals surface area contributed by atoms with Gasteiger partial charge in [0.05, 0.1) is 0 Å². The Morgan fingerprint density at radius 3 is 2.23 bits per heavy atom. The molecule has 1 aromatic heterocycles. The number of amides is 1. The Balaban J connectivity index is 1.65. The van der Waals surface area contributed by atoms with E-state index in [1.165, 1.54) is 19.9 Å². The number of rotatable bonds is 7. The van der Waals surface area contributed by atoms with Crippen LogP contribution < -0.4 is 5.32 Å². The number of hydrogen-bond acceptors (Lipinski definition) is 5. The second kappa shape index (κ2) is 9.43. The third kappa shape index (κ3) is 5.28. The summed E-state index contributed by atoms with van der Waals surface area (Å²) in [6.07, 6.45) is -1.00. The van der Waals surface area contributed by atoms with E-state index >= 15 is 0 Å². The minimum absolute atomic E-state index is 0.00660. The smallest absolute Gasteiger partial charge is 0.375 e. The Morgan fingerprint density at radius 2 is 1.58 bits per heavy atom. The number of hydrogen-bond donors (Lipinski definition) is 1. The van der Waals surface area contributed by atoms with Crippen LogP contribution in [0.3, 0.4) is 0 Å². The van der Waals surface area contributed by atoms with Gasteiger partial charge in [-0.25, -0.2) is 4.79 Å². The van der Waals surface area contributed by atoms with Gasteiger partial charge in [-0.1, -0.05) is 56.3 Å². The van der Waals surface area contributed by atoms with Crippen molar-refractivity contribution < 1.29 is 23.5 Å². The number of ether oxygens (including phenoxy) is 1. The first-order chi connectivity index (χ1) is 14.8. The zero-order valence-electron chi connectivity index (χ0n) is 18.0. The summed E-state index contributed by atoms with van der Waals surface area (Å²) in [5.74, 6) is -0.490. The van der Waals surface area contributed by atoms with Crippen molar-refractivity contribution in [2.75, 3.05) is 5.32 Å². The molecule has 3 aromatic rings. The van der Waals surface area contributed by atoms with Gasteiger partial charge in [-0.15, -0.1) is 0 Å². The van der Waals surface area contributed by atoms with Crippen molar-refractivity contribution in [3.8, 4) is 11.3 Å². The summed E-state index contributed by atoms with van der Waals surface area (Å²) in [4.78, 5) is 36.3. The fourth-order valence-electron chi connectivity index (χ4n) is 3.09. The monoisotopic (exact) mass is 419 g/mol. The van der Waals surface area contributed by atoms with Gasteiger partial charge in [0.15, 0.2) is 11.9 Å². The molecular weight excluding hydrogens is 394 g/mol. The van der Waals surface area contributed by atoms with Crippen molar-refractivity contribution >= 4 is 23.3 Å². The number of ketones is 1. The standard InChI is InChI=1S/C25H25NO5/c1-15(2)20-7-5-6-8-21(20)26-24(28)17(4)30-25(29)23-14-13-22(31-23)19-11-9-18(10-12-19)16(3)27/h5-15,17H,1-4H3,(H,26,28)/t17-/m1/s1. The van der Waals surface area contributed by atoms with Crippen molar-refractivity contribution in [3.63, 3.8) is 0 Å². The first kappa shape index (κ1) is 22.0. The summed E-state index contributed by atoms with van der Waals surface area (Å²) in [6, 6.07) is 17.5. The molecule has 6 heteroatoms. The third-order valence-electron chi connectivity index (χ3n) is 4.88. The first-order valence-corrected chi connectivity index (χ1v) is 10.1. The molecule has 0 saturated carbocycles. The predicted molar refractivity (Wildman–Crippen MR) is 118 cm³/mol. The maximum Gasteiger partial charge on any atom is 0.375 e. The Labute approximate surface area is 181 Å². The molecule has 0 aliphatic rings. The van der Waals surface area contributed by atoms with Crippen LogP contribution in [0.4, 0.5) is 5.69 Å². The minimum atomic E-state index is -1.00. The highest BCUT2D eigenvalue weighted by molar-refractivity contribution is 5.97. The molecule has 0 aliphatic heterocycles. The second-order valence-corrected chi connectivity index (χ2v) is 7.58. The van der Waals surface area contributed by atoms with E-state index in [0.29, 0.717) is 17.0 Å². The van der Waals surface area contributed by atoms with Gasteiger partial charge in [-0.3, -0.25) is 9.59 Å². The molecule has 0 bridgehead atoms. The van der Waals surface area contributed by atoms with E-state index in [9.17, 15) is 14.4 Å². The predicted octanol–water partition coefficient (Wildman–Crippen LogP) is 5.46. The largest absolute Gasteiger partial charge is 0.449 e. The van der Waals surface area contributed by atoms with Crippen LogP contribution in [-0.4, -0.2) is 23.8 Å². The molecule has 1 N–H and O–H groups in total. The van der Waals surface area contributed by atoms with Crippen molar-refractivity contribution in [1.29, 1.82) is 0 Å². The lowest BCUT2D eigenvalue weighted by Gasteiger charge is -2.16. The van der Waals surface area contributed by atoms with Crippen LogP contribution in [0.2, 0.25) is 0 Å². The zero-order valence-corrected chi connectivity index (χ0v) is 18.0. The number of carbonyl (C=O) groups is 3. The highest BCUT2D eigenvalue weighted by Crippen LogP contribution is 2.25. The SMILES string of the molecule is CC(=O)c1ccc(-c2ccc(C(=O)O[C@H](C)C(=O)Nc3ccccc3C(C)C)o2)cc1. The molecule has 0 fully saturated rings. The van der Waals surface area contributed by atoms with Gasteiger partial charge in [-0.2, -0.15) is 0 Å². The lowest BCUT2D eigenvalue weighted by molar-refractivity contribution is -0.123. The van der Waals surface area contributed by atoms with Crippen LogP contribution in [0.25, 0.3) is 11.3 Å². The van der Waals surface area contributed by atoms with E-state index in [0.717, 1.165) is 11.1 Å². The molecule has 3 rings (SSSR count). The molecule has 0 saturated heterocycles. The molecule has 0 unspecified atom stereocenters. The van der Waals surface area contributed by atoms with Crippen molar-refractivity contribution in [3.05, 3.63) is 77.6 Å². The second-order valence-electron chi connectivity index (χ2n) is 7.58. The van der Waals surface area contributed by atoms with Gasteiger partial charge < -0.3 is 14.5 Å². The average molecular weight is 419 g/mol. The summed E-state index contributed by atoms with van der Waals surface area (Å²) in [6.45, 7) is 7.08. The van der Waals surface area contributed by atoms with E-state index in [-0.39, 0.29) is 17.5 Å². The van der Waals surface area contributed by atoms with Gasteiger partial charge in [-0.05, 0) is 43.5 Å². The number of esters is 1. The summed E-state index contributed by atoms with van der Waals surface area (Å²) < 4.78 is 10.9. The summed E-state index contributed by atoms with van der Waals surface area (Å²) in [5.41, 5.74) is 3.01. The third-order valence-corrected chi connectivity index (χ3v) is 4.88. The highest BCUT2D eigenvalue weighted by atomic mass is 16.6. The van der Waals surface area contributed by atoms with E-state index in [1.54, 1.807) is 30.3 Å². The van der Waals surface area contributed by atoms with E-state index in [1.807, 2.05) is 38.1 Å². The minimum Gasteiger partial charge on any atom is -0.449 e. The molecule has 6 nitrogen and oxygen atoms in total. The summed E-state index contributed by atoms with van der Waals surface area (Å²) >= 11 is 0. The van der Waals surface area contributed by atoms with Crippen LogP contribution in [0, 0.1) is 0 Å². The highest BCUT2D eigenvalue weighted by Gasteiger charge is 2.22. The number of carbonyl (C=O) groups excluding carboxylic acids is 3. The molecular formula is C25H25NO5. The molecule has 0 spiro atoms. The van der Waals surface area contributed by atoms with Gasteiger partial charge in [0.25, 0.3) is 5.91 Å². The lowest BCUT2D eigenvalue weighted by atomic mass is 10.0. The Morgan fingerprint density at radius 1 is 0.903 bits per heavy atom. The maximum absolute atomic E-state index is 12.5. The van der Waals surface area contributed by atoms with Gasteiger partial charge in [0, 0.05) is 16.8 Å². The number of nitrogens with one attached hydrogen (secondary N) is 1. The van der Waals surface area contributed by atoms with Gasteiger partial charge in [0.1, 0.15) is 5.76 Å². The van der Waals surface area contributed by atoms with E-state index < -0.39 is 18.0 Å². The number of anilines is 1. The molecule has 2 aromatic carbocycles. The zero-order chi connectivity index (χ0) is 22.5. The van der Waals surface area contributed by atoms with E-state index in [2.05, 4.69) is 5.32 Å². The molecule has 1 heterocycles. The van der Waals surface area contributed by atoms with Crippen LogP contribution in [0.5, 0.6) is 0 Å². The Kier molecular flexibility index (Phi) is 6.70. The van der Waals surface area contributed by atoms with Crippen LogP contribution in [0.1, 0.15) is 60.1 Å². The quantitative estimate of drug-likeness (QED) is 0.406. The molecule has 31 heavy (non-hydrogen) atoms. The fourth-order valence-corrected chi connectivity index (χ4v) is 3.09. The average Bonchev–Trinajstić information content (AvgIpc) is 3.24. The van der Waals surface area contributed by atoms with E-state index in [4.69, 9.17) is 9.15 Å². The number of Topliss-reactive ketones (excluding diaryl/α,β-unsaturated/α-hetero) is 1. The topological polar surface area (TPSA) is 85.6 Å². The van der Waals surface area contributed by atoms with Crippen LogP contribution in [-0.2, 0) is 9.53 Å². The molecule has 0 aliphatic carbocycles. The number of benzene rings is 2. The summed E-state index contributed by atoms with van der Waals surface area (Å²) in [7, 11) is 0. The molecule has 1 amide bonds. The normalized spacial score (nSPS) is 11.8. The van der Waals surface area contributed by atoms with Crippen LogP contribution in [0.15, 0.2) is 65.1 Å². The number of furan rings is 1. The van der Waals surface area contributed by atoms with Crippen LogP contribution >= 0.6 is 0 Å². The Hall–Kier alpha value is -3.67. The summed E-state index contributed by atoms with van der Waals surface area (Å²) in [5, 5.41) is 2.82. The maximum atomic E-state index is 12.5. The lowest BCUT2D eigenvalue weighted by Crippen LogP contribution is -2.30. The van der Waals surface area contributed by atoms with Crippen molar-refractivity contribution in [1.82, 2.24) is 0 Å². The molecule has 0 radical (unpaired) electrons. The fraction of sp³-hybridized carbons (Fsp3) is 0.240. The molecule has 160 valence electrons.